The zero-order chi connectivity index (χ0) is 40.2. The number of amides is 4. The van der Waals surface area contributed by atoms with Crippen molar-refractivity contribution >= 4 is 66.8 Å². The van der Waals surface area contributed by atoms with Crippen LogP contribution in [0.15, 0.2) is 59.5 Å². The van der Waals surface area contributed by atoms with Gasteiger partial charge >= 0.3 is 6.09 Å². The normalized spacial score (nSPS) is 24.1. The van der Waals surface area contributed by atoms with Crippen LogP contribution in [-0.4, -0.2) is 90.9 Å². The maximum atomic E-state index is 14.6. The number of rotatable bonds is 13. The Morgan fingerprint density at radius 1 is 1.00 bits per heavy atom. The highest BCUT2D eigenvalue weighted by atomic mass is 32.2. The maximum absolute atomic E-state index is 14.6. The fraction of sp³-hybridized carbons (Fsp3) is 0.488. The summed E-state index contributed by atoms with van der Waals surface area (Å²) in [5.41, 5.74) is 0.452. The third-order valence-corrected chi connectivity index (χ3v) is 13.4. The van der Waals surface area contributed by atoms with Gasteiger partial charge in [0.1, 0.15) is 52.2 Å². The first-order valence-corrected chi connectivity index (χ1v) is 21.1. The average molecular weight is 802 g/mol. The Kier molecular flexibility index (Phi) is 10.0. The molecule has 3 saturated carbocycles. The highest BCUT2D eigenvalue weighted by Crippen LogP contribution is 2.46. The van der Waals surface area contributed by atoms with Gasteiger partial charge in [0.25, 0.3) is 5.91 Å². The lowest BCUT2D eigenvalue weighted by molar-refractivity contribution is -0.141. The molecule has 5 atom stereocenters. The van der Waals surface area contributed by atoms with Crippen LogP contribution in [0.25, 0.3) is 33.0 Å². The topological polar surface area (TPSA) is 195 Å². The molecular formula is C41H47N5O10S. The van der Waals surface area contributed by atoms with Crippen molar-refractivity contribution in [1.82, 2.24) is 25.2 Å². The Labute approximate surface area is 329 Å². The van der Waals surface area contributed by atoms with Gasteiger partial charge < -0.3 is 34.2 Å². The average Bonchev–Trinajstić information content (AvgIpc) is 4.01. The van der Waals surface area contributed by atoms with Crippen molar-refractivity contribution in [2.75, 3.05) is 13.7 Å². The number of hydrogen-bond donors (Lipinski definition) is 3. The summed E-state index contributed by atoms with van der Waals surface area (Å²) in [5.74, 6) is -2.15. The standard InChI is InChI=1S/C41H47N5O10S/c1-5-23-20-41(23,39(49)45-57(51,52)26-17-18-26)44-37(47)29-19-25(21-46(29)38(48)32(22(2)3)43-40(50)55-24-11-6-7-12-24)54-35-28-14-10-16-31(53-4)33(28)42-34-27-13-8-9-15-30(27)56-36(34)35/h5,8-10,13-16,22-26,29,32H,1,6-7,11-12,17-21H2,2-4H3,(H,43,50)(H,44,47)(H,45,49)/t23-,25-,29+,32+,41-/m1/s1. The van der Waals surface area contributed by atoms with Crippen molar-refractivity contribution in [1.29, 1.82) is 0 Å². The number of aromatic nitrogens is 1. The van der Waals surface area contributed by atoms with E-state index in [1.807, 2.05) is 30.3 Å². The van der Waals surface area contributed by atoms with Crippen molar-refractivity contribution in [2.24, 2.45) is 11.8 Å². The van der Waals surface area contributed by atoms with E-state index in [1.165, 1.54) is 11.0 Å². The van der Waals surface area contributed by atoms with Gasteiger partial charge in [-0.2, -0.15) is 0 Å². The number of ether oxygens (including phenoxy) is 3. The van der Waals surface area contributed by atoms with Crippen molar-refractivity contribution in [2.45, 2.75) is 100 Å². The number of benzene rings is 2. The lowest BCUT2D eigenvalue weighted by Crippen LogP contribution is -2.59. The van der Waals surface area contributed by atoms with Crippen LogP contribution in [0.1, 0.15) is 65.2 Å². The molecule has 4 amide bonds. The van der Waals surface area contributed by atoms with Crippen molar-refractivity contribution in [3.63, 3.8) is 0 Å². The van der Waals surface area contributed by atoms with Gasteiger partial charge in [-0.1, -0.05) is 38.1 Å². The molecule has 0 spiro atoms. The van der Waals surface area contributed by atoms with E-state index < -0.39 is 74.7 Å². The Morgan fingerprint density at radius 3 is 2.42 bits per heavy atom. The molecule has 3 aliphatic carbocycles. The number of sulfonamides is 1. The number of likely N-dealkylation sites (tertiary alicyclic amines) is 1. The first kappa shape index (κ1) is 38.5. The van der Waals surface area contributed by atoms with Crippen LogP contribution in [0.3, 0.4) is 0 Å². The minimum absolute atomic E-state index is 0.0127. The number of fused-ring (bicyclic) bond motifs is 4. The molecule has 4 aliphatic rings. The monoisotopic (exact) mass is 801 g/mol. The fourth-order valence-electron chi connectivity index (χ4n) is 8.21. The number of alkyl carbamates (subject to hydrolysis) is 1. The van der Waals surface area contributed by atoms with E-state index in [2.05, 4.69) is 21.9 Å². The molecular weight excluding hydrogens is 755 g/mol. The Hall–Kier alpha value is -5.38. The lowest BCUT2D eigenvalue weighted by atomic mass is 10.0. The van der Waals surface area contributed by atoms with Crippen LogP contribution in [0.5, 0.6) is 11.5 Å². The van der Waals surface area contributed by atoms with Crippen molar-refractivity contribution in [3.8, 4) is 11.5 Å². The van der Waals surface area contributed by atoms with Gasteiger partial charge in [0.05, 0.1) is 24.3 Å². The van der Waals surface area contributed by atoms with E-state index in [0.717, 1.165) is 31.1 Å². The molecule has 4 aromatic rings. The summed E-state index contributed by atoms with van der Waals surface area (Å²) in [5, 5.41) is 6.26. The molecule has 2 aromatic heterocycles. The Morgan fingerprint density at radius 2 is 1.74 bits per heavy atom. The molecule has 3 N–H and O–H groups in total. The minimum Gasteiger partial charge on any atom is -0.494 e. The second-order valence-electron chi connectivity index (χ2n) is 15.9. The van der Waals surface area contributed by atoms with Gasteiger partial charge in [-0.15, -0.1) is 6.58 Å². The molecule has 2 aromatic carbocycles. The molecule has 8 rings (SSSR count). The molecule has 0 unspecified atom stereocenters. The van der Waals surface area contributed by atoms with Gasteiger partial charge in [-0.25, -0.2) is 18.2 Å². The summed E-state index contributed by atoms with van der Waals surface area (Å²) in [6, 6.07) is 10.6. The van der Waals surface area contributed by atoms with Crippen LogP contribution >= 0.6 is 0 Å². The summed E-state index contributed by atoms with van der Waals surface area (Å²) < 4.78 is 52.2. The molecule has 15 nitrogen and oxygen atoms in total. The predicted molar refractivity (Wildman–Crippen MR) is 210 cm³/mol. The summed E-state index contributed by atoms with van der Waals surface area (Å²) in [4.78, 5) is 62.1. The third kappa shape index (κ3) is 7.23. The highest BCUT2D eigenvalue weighted by Gasteiger charge is 2.62. The summed E-state index contributed by atoms with van der Waals surface area (Å²) in [6.07, 6.45) is 4.19. The number of methoxy groups -OCH3 is 1. The zero-order valence-electron chi connectivity index (χ0n) is 32.1. The first-order valence-electron chi connectivity index (χ1n) is 19.6. The van der Waals surface area contributed by atoms with E-state index in [4.69, 9.17) is 23.6 Å². The van der Waals surface area contributed by atoms with Crippen LogP contribution in [-0.2, 0) is 29.1 Å². The summed E-state index contributed by atoms with van der Waals surface area (Å²) in [7, 11) is -2.37. The summed E-state index contributed by atoms with van der Waals surface area (Å²) in [6.45, 7) is 7.29. The van der Waals surface area contributed by atoms with Crippen LogP contribution in [0.2, 0.25) is 0 Å². The Bertz CT molecular complexity index is 2390. The number of nitrogens with zero attached hydrogens (tertiary/aromatic N) is 2. The summed E-state index contributed by atoms with van der Waals surface area (Å²) >= 11 is 0. The quantitative estimate of drug-likeness (QED) is 0.156. The molecule has 1 aliphatic heterocycles. The third-order valence-electron chi connectivity index (χ3n) is 11.6. The number of pyridine rings is 1. The SMILES string of the molecule is C=C[C@@H]1C[C@]1(NC(=O)[C@@H]1C[C@@H](Oc2c3cccc(OC)c3nc3c2oc2ccccc23)CN1C(=O)[C@@H](NC(=O)OC1CCCC1)C(C)C)C(=O)NS(=O)(=O)C1CC1. The fourth-order valence-corrected chi connectivity index (χ4v) is 9.57. The molecule has 16 heteroatoms. The predicted octanol–water partition coefficient (Wildman–Crippen LogP) is 4.85. The molecule has 1 saturated heterocycles. The molecule has 4 fully saturated rings. The molecule has 0 radical (unpaired) electrons. The lowest BCUT2D eigenvalue weighted by Gasteiger charge is -2.31. The van der Waals surface area contributed by atoms with Crippen molar-refractivity contribution in [3.05, 3.63) is 55.1 Å². The van der Waals surface area contributed by atoms with Crippen LogP contribution < -0.4 is 24.8 Å². The van der Waals surface area contributed by atoms with Gasteiger partial charge in [-0.3, -0.25) is 19.1 Å². The van der Waals surface area contributed by atoms with Crippen LogP contribution in [0, 0.1) is 11.8 Å². The molecule has 0 bridgehead atoms. The van der Waals surface area contributed by atoms with E-state index in [1.54, 1.807) is 33.1 Å². The molecule has 3 heterocycles. The van der Waals surface area contributed by atoms with Gasteiger partial charge in [0, 0.05) is 17.7 Å². The number of para-hydroxylation sites is 2. The van der Waals surface area contributed by atoms with E-state index in [9.17, 15) is 27.6 Å². The number of carbonyl (C=O) groups is 4. The van der Waals surface area contributed by atoms with E-state index in [-0.39, 0.29) is 25.5 Å². The second kappa shape index (κ2) is 14.8. The zero-order valence-corrected chi connectivity index (χ0v) is 32.9. The van der Waals surface area contributed by atoms with Gasteiger partial charge in [-0.05, 0) is 75.1 Å². The number of furan rings is 1. The number of hydrogen-bond acceptors (Lipinski definition) is 11. The van der Waals surface area contributed by atoms with Crippen molar-refractivity contribution < 1.29 is 46.2 Å². The van der Waals surface area contributed by atoms with Gasteiger partial charge in [0.15, 0.2) is 11.3 Å². The largest absolute Gasteiger partial charge is 0.494 e. The smallest absolute Gasteiger partial charge is 0.408 e. The molecule has 57 heavy (non-hydrogen) atoms. The highest BCUT2D eigenvalue weighted by molar-refractivity contribution is 7.91. The van der Waals surface area contributed by atoms with E-state index in [0.29, 0.717) is 51.9 Å². The van der Waals surface area contributed by atoms with E-state index >= 15 is 0 Å². The Balaban J connectivity index is 1.13. The minimum atomic E-state index is -3.92. The van der Waals surface area contributed by atoms with Gasteiger partial charge in [0.2, 0.25) is 21.8 Å². The number of nitrogens with one attached hydrogen (secondary N) is 3. The van der Waals surface area contributed by atoms with Crippen LogP contribution in [0.4, 0.5) is 4.79 Å². The second-order valence-corrected chi connectivity index (χ2v) is 17.9. The maximum Gasteiger partial charge on any atom is 0.408 e. The number of carbonyl (C=O) groups excluding carboxylic acids is 4. The molecule has 302 valence electrons. The first-order chi connectivity index (χ1) is 27.3.